The largest absolute Gasteiger partial charge is 0.478 e. The first-order valence-electron chi connectivity index (χ1n) is 3.22. The number of carboxylic acid groups (broad SMARTS) is 1. The topological polar surface area (TPSA) is 61.1 Å². The maximum Gasteiger partial charge on any atom is 0.335 e. The Morgan fingerprint density at radius 2 is 2.23 bits per heavy atom. The van der Waals surface area contributed by atoms with Crippen LogP contribution in [-0.2, 0) is 0 Å². The summed E-state index contributed by atoms with van der Waals surface area (Å²) in [5.74, 6) is -1.12. The molecule has 0 aromatic heterocycles. The van der Waals surface area contributed by atoms with Crippen LogP contribution in [0, 0.1) is 11.3 Å². The van der Waals surface area contributed by atoms with Gasteiger partial charge < -0.3 is 5.11 Å². The van der Waals surface area contributed by atoms with Crippen LogP contribution in [0.2, 0.25) is 5.02 Å². The molecule has 0 spiro atoms. The molecule has 0 radical (unpaired) electrons. The first kappa shape index (κ1) is 9.90. The van der Waals surface area contributed by atoms with Gasteiger partial charge in [0.15, 0.2) is 0 Å². The van der Waals surface area contributed by atoms with Crippen molar-refractivity contribution >= 4 is 30.2 Å². The standard InChI is InChI=1S/C8H4ClNO2S/c9-6-2-4(8(11)12)1-5(3-10)7(6)13/h1-2,13H,(H,11,12). The summed E-state index contributed by atoms with van der Waals surface area (Å²) in [6.45, 7) is 0. The van der Waals surface area contributed by atoms with Crippen molar-refractivity contribution in [3.05, 3.63) is 28.3 Å². The number of nitriles is 1. The van der Waals surface area contributed by atoms with Crippen molar-refractivity contribution < 1.29 is 9.90 Å². The van der Waals surface area contributed by atoms with Crippen molar-refractivity contribution in [2.45, 2.75) is 4.90 Å². The second kappa shape index (κ2) is 3.69. The quantitative estimate of drug-likeness (QED) is 0.703. The number of hydrogen-bond acceptors (Lipinski definition) is 3. The van der Waals surface area contributed by atoms with Crippen molar-refractivity contribution in [2.75, 3.05) is 0 Å². The van der Waals surface area contributed by atoms with Crippen LogP contribution >= 0.6 is 24.2 Å². The molecule has 0 atom stereocenters. The van der Waals surface area contributed by atoms with Gasteiger partial charge in [-0.15, -0.1) is 12.6 Å². The zero-order valence-electron chi connectivity index (χ0n) is 6.28. The molecule has 1 rings (SSSR count). The molecule has 0 unspecified atom stereocenters. The molecule has 66 valence electrons. The van der Waals surface area contributed by atoms with Gasteiger partial charge in [0.1, 0.15) is 6.07 Å². The maximum absolute atomic E-state index is 10.5. The van der Waals surface area contributed by atoms with E-state index < -0.39 is 5.97 Å². The Hall–Kier alpha value is -1.18. The van der Waals surface area contributed by atoms with Crippen molar-refractivity contribution in [1.29, 1.82) is 5.26 Å². The van der Waals surface area contributed by atoms with Gasteiger partial charge in [0.25, 0.3) is 0 Å². The first-order chi connectivity index (χ1) is 6.06. The van der Waals surface area contributed by atoms with Crippen molar-refractivity contribution in [2.24, 2.45) is 0 Å². The van der Waals surface area contributed by atoms with Crippen LogP contribution in [0.1, 0.15) is 15.9 Å². The summed E-state index contributed by atoms with van der Waals surface area (Å²) < 4.78 is 0. The molecule has 0 bridgehead atoms. The lowest BCUT2D eigenvalue weighted by Gasteiger charge is -2.01. The lowest BCUT2D eigenvalue weighted by Crippen LogP contribution is -1.97. The van der Waals surface area contributed by atoms with E-state index >= 15 is 0 Å². The highest BCUT2D eigenvalue weighted by molar-refractivity contribution is 7.80. The van der Waals surface area contributed by atoms with Crippen LogP contribution in [0.25, 0.3) is 0 Å². The van der Waals surface area contributed by atoms with Gasteiger partial charge in [-0.05, 0) is 12.1 Å². The fourth-order valence-corrected chi connectivity index (χ4v) is 1.21. The fraction of sp³-hybridized carbons (Fsp3) is 0. The molecule has 5 heteroatoms. The molecule has 1 N–H and O–H groups in total. The van der Waals surface area contributed by atoms with Crippen LogP contribution in [-0.4, -0.2) is 11.1 Å². The van der Waals surface area contributed by atoms with E-state index in [4.69, 9.17) is 22.0 Å². The second-order valence-electron chi connectivity index (χ2n) is 2.27. The molecule has 1 aromatic rings. The highest BCUT2D eigenvalue weighted by Crippen LogP contribution is 2.25. The van der Waals surface area contributed by atoms with E-state index in [1.54, 1.807) is 0 Å². The minimum atomic E-state index is -1.12. The van der Waals surface area contributed by atoms with Crippen LogP contribution < -0.4 is 0 Å². The summed E-state index contributed by atoms with van der Waals surface area (Å²) in [5, 5.41) is 17.4. The number of halogens is 1. The Bertz CT molecular complexity index is 411. The average molecular weight is 214 g/mol. The SMILES string of the molecule is N#Cc1cc(C(=O)O)cc(Cl)c1S. The Morgan fingerprint density at radius 3 is 2.69 bits per heavy atom. The summed E-state index contributed by atoms with van der Waals surface area (Å²) >= 11 is 9.61. The van der Waals surface area contributed by atoms with E-state index in [-0.39, 0.29) is 16.1 Å². The van der Waals surface area contributed by atoms with Gasteiger partial charge in [0.05, 0.1) is 16.1 Å². The normalized spacial score (nSPS) is 9.31. The van der Waals surface area contributed by atoms with E-state index in [0.717, 1.165) is 0 Å². The Labute approximate surface area is 85.0 Å². The van der Waals surface area contributed by atoms with Crippen LogP contribution in [0.3, 0.4) is 0 Å². The summed E-state index contributed by atoms with van der Waals surface area (Å²) in [7, 11) is 0. The average Bonchev–Trinajstić information content (AvgIpc) is 2.09. The first-order valence-corrected chi connectivity index (χ1v) is 4.04. The minimum Gasteiger partial charge on any atom is -0.478 e. The Balaban J connectivity index is 3.41. The molecule has 0 aliphatic heterocycles. The predicted molar refractivity (Wildman–Crippen MR) is 50.4 cm³/mol. The summed E-state index contributed by atoms with van der Waals surface area (Å²) in [6, 6.07) is 4.30. The van der Waals surface area contributed by atoms with Crippen molar-refractivity contribution in [3.8, 4) is 6.07 Å². The van der Waals surface area contributed by atoms with Crippen LogP contribution in [0.5, 0.6) is 0 Å². The van der Waals surface area contributed by atoms with Gasteiger partial charge in [-0.1, -0.05) is 11.6 Å². The molecular weight excluding hydrogens is 210 g/mol. The predicted octanol–water partition coefficient (Wildman–Crippen LogP) is 2.20. The van der Waals surface area contributed by atoms with E-state index in [1.807, 2.05) is 6.07 Å². The highest BCUT2D eigenvalue weighted by Gasteiger charge is 2.10. The molecular formula is C8H4ClNO2S. The third-order valence-corrected chi connectivity index (χ3v) is 2.34. The van der Waals surface area contributed by atoms with Gasteiger partial charge in [0, 0.05) is 4.90 Å². The number of carboxylic acids is 1. The lowest BCUT2D eigenvalue weighted by atomic mass is 10.1. The molecule has 0 amide bonds. The molecule has 0 aliphatic rings. The third-order valence-electron chi connectivity index (χ3n) is 1.43. The van der Waals surface area contributed by atoms with Gasteiger partial charge >= 0.3 is 5.97 Å². The van der Waals surface area contributed by atoms with Crippen LogP contribution in [0.15, 0.2) is 17.0 Å². The Kier molecular flexibility index (Phi) is 2.81. The number of aromatic carboxylic acids is 1. The molecule has 0 saturated carbocycles. The zero-order chi connectivity index (χ0) is 10.0. The summed E-state index contributed by atoms with van der Waals surface area (Å²) in [4.78, 5) is 10.8. The Morgan fingerprint density at radius 1 is 1.62 bits per heavy atom. The number of thiol groups is 1. The van der Waals surface area contributed by atoms with E-state index in [0.29, 0.717) is 4.90 Å². The highest BCUT2D eigenvalue weighted by atomic mass is 35.5. The van der Waals surface area contributed by atoms with Crippen molar-refractivity contribution in [3.63, 3.8) is 0 Å². The maximum atomic E-state index is 10.5. The van der Waals surface area contributed by atoms with Crippen LogP contribution in [0.4, 0.5) is 0 Å². The van der Waals surface area contributed by atoms with Gasteiger partial charge in [-0.2, -0.15) is 5.26 Å². The molecule has 0 aliphatic carbocycles. The summed E-state index contributed by atoms with van der Waals surface area (Å²) in [6.07, 6.45) is 0. The monoisotopic (exact) mass is 213 g/mol. The zero-order valence-corrected chi connectivity index (χ0v) is 7.93. The molecule has 0 saturated heterocycles. The van der Waals surface area contributed by atoms with E-state index in [9.17, 15) is 4.79 Å². The minimum absolute atomic E-state index is 0.0145. The second-order valence-corrected chi connectivity index (χ2v) is 3.13. The van der Waals surface area contributed by atoms with E-state index in [1.165, 1.54) is 12.1 Å². The third kappa shape index (κ3) is 1.94. The number of benzene rings is 1. The molecule has 3 nitrogen and oxygen atoms in total. The lowest BCUT2D eigenvalue weighted by molar-refractivity contribution is 0.0697. The number of hydrogen-bond donors (Lipinski definition) is 2. The van der Waals surface area contributed by atoms with E-state index in [2.05, 4.69) is 12.6 Å². The molecule has 0 fully saturated rings. The molecule has 0 heterocycles. The number of rotatable bonds is 1. The number of nitrogens with zero attached hydrogens (tertiary/aromatic N) is 1. The number of carbonyl (C=O) groups is 1. The smallest absolute Gasteiger partial charge is 0.335 e. The van der Waals surface area contributed by atoms with Gasteiger partial charge in [0.2, 0.25) is 0 Å². The fourth-order valence-electron chi connectivity index (χ4n) is 0.808. The summed E-state index contributed by atoms with van der Waals surface area (Å²) in [5.41, 5.74) is 0.146. The molecule has 13 heavy (non-hydrogen) atoms. The molecule has 1 aromatic carbocycles. The van der Waals surface area contributed by atoms with Gasteiger partial charge in [-0.25, -0.2) is 4.79 Å². The van der Waals surface area contributed by atoms with Crippen molar-refractivity contribution in [1.82, 2.24) is 0 Å². The van der Waals surface area contributed by atoms with Gasteiger partial charge in [-0.3, -0.25) is 0 Å².